The average Bonchev–Trinajstić information content (AvgIpc) is 2.49. The molecule has 2 aromatic rings. The third-order valence-corrected chi connectivity index (χ3v) is 4.78. The van der Waals surface area contributed by atoms with Crippen molar-refractivity contribution in [2.45, 2.75) is 17.5 Å². The third-order valence-electron chi connectivity index (χ3n) is 2.90. The minimum atomic E-state index is -4.28. The molecule has 0 aliphatic carbocycles. The molecule has 0 spiro atoms. The Morgan fingerprint density at radius 2 is 1.79 bits per heavy atom. The van der Waals surface area contributed by atoms with Crippen LogP contribution in [-0.2, 0) is 11.2 Å². The number of alkyl halides is 3. The molecular weight excluding hydrogens is 382 g/mol. The van der Waals surface area contributed by atoms with Crippen molar-refractivity contribution in [2.75, 3.05) is 11.1 Å². The second-order valence-electron chi connectivity index (χ2n) is 4.87. The predicted octanol–water partition coefficient (Wildman–Crippen LogP) is 5.83. The lowest BCUT2D eigenvalue weighted by Crippen LogP contribution is -2.15. The second-order valence-corrected chi connectivity index (χ2v) is 6.71. The zero-order valence-corrected chi connectivity index (χ0v) is 14.5. The predicted molar refractivity (Wildman–Crippen MR) is 92.0 cm³/mol. The van der Waals surface area contributed by atoms with E-state index in [9.17, 15) is 18.0 Å². The maximum absolute atomic E-state index is 12.4. The van der Waals surface area contributed by atoms with Crippen LogP contribution in [0.25, 0.3) is 0 Å². The van der Waals surface area contributed by atoms with Crippen LogP contribution >= 0.6 is 35.0 Å². The van der Waals surface area contributed by atoms with Crippen LogP contribution in [0.15, 0.2) is 47.4 Å². The molecule has 8 heteroatoms. The molecule has 0 bridgehead atoms. The van der Waals surface area contributed by atoms with E-state index in [1.54, 1.807) is 36.4 Å². The van der Waals surface area contributed by atoms with E-state index in [0.29, 0.717) is 38.0 Å². The van der Waals surface area contributed by atoms with E-state index in [1.807, 2.05) is 0 Å². The number of halogens is 5. The molecular formula is C16H12Cl2F3NOS. The second kappa shape index (κ2) is 8.14. The van der Waals surface area contributed by atoms with Crippen LogP contribution in [0.3, 0.4) is 0 Å². The highest BCUT2D eigenvalue weighted by Crippen LogP contribution is 2.32. The maximum atomic E-state index is 12.4. The molecule has 0 heterocycles. The first-order valence-corrected chi connectivity index (χ1v) is 8.51. The van der Waals surface area contributed by atoms with Crippen molar-refractivity contribution in [1.82, 2.24) is 0 Å². The van der Waals surface area contributed by atoms with E-state index in [-0.39, 0.29) is 12.3 Å². The zero-order chi connectivity index (χ0) is 17.7. The molecule has 1 N–H and O–H groups in total. The fourth-order valence-corrected chi connectivity index (χ4v) is 2.97. The van der Waals surface area contributed by atoms with Gasteiger partial charge in [0.05, 0.1) is 27.9 Å². The molecule has 0 atom stereocenters. The number of carbonyl (C=O) groups excluding carboxylic acids is 1. The first kappa shape index (κ1) is 19.0. The van der Waals surface area contributed by atoms with Gasteiger partial charge in [0, 0.05) is 4.90 Å². The van der Waals surface area contributed by atoms with E-state index < -0.39 is 11.9 Å². The molecule has 24 heavy (non-hydrogen) atoms. The molecule has 2 rings (SSSR count). The van der Waals surface area contributed by atoms with Gasteiger partial charge in [0.25, 0.3) is 0 Å². The Labute approximate surface area is 151 Å². The summed E-state index contributed by atoms with van der Waals surface area (Å²) in [6.07, 6.45) is -4.24. The molecule has 2 nitrogen and oxygen atoms in total. The van der Waals surface area contributed by atoms with Gasteiger partial charge >= 0.3 is 6.18 Å². The van der Waals surface area contributed by atoms with E-state index in [2.05, 4.69) is 5.32 Å². The summed E-state index contributed by atoms with van der Waals surface area (Å²) in [6.45, 7) is 0. The van der Waals surface area contributed by atoms with Crippen molar-refractivity contribution in [3.8, 4) is 0 Å². The number of hydrogen-bond donors (Lipinski definition) is 1. The molecule has 0 saturated heterocycles. The summed E-state index contributed by atoms with van der Waals surface area (Å²) in [4.78, 5) is 12.5. The number of benzene rings is 2. The van der Waals surface area contributed by atoms with Crippen molar-refractivity contribution in [2.24, 2.45) is 0 Å². The van der Waals surface area contributed by atoms with Crippen LogP contribution in [0.2, 0.25) is 10.0 Å². The lowest BCUT2D eigenvalue weighted by molar-refractivity contribution is -0.115. The first-order valence-electron chi connectivity index (χ1n) is 6.77. The van der Waals surface area contributed by atoms with Gasteiger partial charge in [-0.25, -0.2) is 0 Å². The molecule has 128 valence electrons. The van der Waals surface area contributed by atoms with Crippen molar-refractivity contribution in [3.63, 3.8) is 0 Å². The molecule has 0 aliphatic rings. The van der Waals surface area contributed by atoms with Gasteiger partial charge in [-0.2, -0.15) is 13.2 Å². The van der Waals surface area contributed by atoms with Gasteiger partial charge < -0.3 is 5.32 Å². The first-order chi connectivity index (χ1) is 11.2. The van der Waals surface area contributed by atoms with Gasteiger partial charge in [0.2, 0.25) is 5.91 Å². The average molecular weight is 394 g/mol. The van der Waals surface area contributed by atoms with Gasteiger partial charge in [-0.05, 0) is 29.8 Å². The summed E-state index contributed by atoms with van der Waals surface area (Å²) in [5, 5.41) is 3.35. The van der Waals surface area contributed by atoms with Crippen LogP contribution in [0.1, 0.15) is 5.56 Å². The summed E-state index contributed by atoms with van der Waals surface area (Å²) in [5.74, 6) is -1.37. The number of amides is 1. The molecule has 0 saturated carbocycles. The van der Waals surface area contributed by atoms with Crippen molar-refractivity contribution >= 4 is 46.6 Å². The Kier molecular flexibility index (Phi) is 6.43. The minimum Gasteiger partial charge on any atom is -0.325 e. The Hall–Kier alpha value is -1.37. The number of thioether (sulfide) groups is 1. The van der Waals surface area contributed by atoms with Crippen LogP contribution in [-0.4, -0.2) is 17.8 Å². The monoisotopic (exact) mass is 393 g/mol. The van der Waals surface area contributed by atoms with Crippen molar-refractivity contribution < 1.29 is 18.0 Å². The topological polar surface area (TPSA) is 29.1 Å². The quantitative estimate of drug-likeness (QED) is 0.647. The highest BCUT2D eigenvalue weighted by molar-refractivity contribution is 7.99. The fraction of sp³-hybridized carbons (Fsp3) is 0.188. The Balaban J connectivity index is 2.04. The van der Waals surface area contributed by atoms with Gasteiger partial charge in [-0.1, -0.05) is 41.4 Å². The molecule has 0 unspecified atom stereocenters. The SMILES string of the molecule is O=C(Cc1ccc(Cl)c(Cl)c1)Nc1ccccc1SCC(F)(F)F. The highest BCUT2D eigenvalue weighted by atomic mass is 35.5. The van der Waals surface area contributed by atoms with Crippen molar-refractivity contribution in [1.29, 1.82) is 0 Å². The molecule has 0 fully saturated rings. The number of carbonyl (C=O) groups is 1. The lowest BCUT2D eigenvalue weighted by atomic mass is 10.1. The van der Waals surface area contributed by atoms with Crippen molar-refractivity contribution in [3.05, 3.63) is 58.1 Å². The number of hydrogen-bond acceptors (Lipinski definition) is 2. The summed E-state index contributed by atoms with van der Waals surface area (Å²) in [7, 11) is 0. The maximum Gasteiger partial charge on any atom is 0.398 e. The number of anilines is 1. The Morgan fingerprint density at radius 1 is 1.08 bits per heavy atom. The van der Waals surface area contributed by atoms with E-state index >= 15 is 0 Å². The van der Waals surface area contributed by atoms with Gasteiger partial charge in [0.1, 0.15) is 0 Å². The lowest BCUT2D eigenvalue weighted by Gasteiger charge is -2.12. The van der Waals surface area contributed by atoms with Gasteiger partial charge in [-0.3, -0.25) is 4.79 Å². The number of rotatable bonds is 5. The normalized spacial score (nSPS) is 11.4. The third kappa shape index (κ3) is 5.92. The van der Waals surface area contributed by atoms with Gasteiger partial charge in [0.15, 0.2) is 0 Å². The van der Waals surface area contributed by atoms with Crippen LogP contribution in [0.4, 0.5) is 18.9 Å². The molecule has 1 amide bonds. The highest BCUT2D eigenvalue weighted by Gasteiger charge is 2.27. The summed E-state index contributed by atoms with van der Waals surface area (Å²) >= 11 is 12.3. The van der Waals surface area contributed by atoms with Crippen LogP contribution in [0.5, 0.6) is 0 Å². The summed E-state index contributed by atoms with van der Waals surface area (Å²) in [6, 6.07) is 11.2. The largest absolute Gasteiger partial charge is 0.398 e. The standard InChI is InChI=1S/C16H12Cl2F3NOS/c17-11-6-5-10(7-12(11)18)8-15(23)22-13-3-1-2-4-14(13)24-9-16(19,20)21/h1-7H,8-9H2,(H,22,23). The zero-order valence-electron chi connectivity index (χ0n) is 12.2. The van der Waals surface area contributed by atoms with E-state index in [0.717, 1.165) is 0 Å². The van der Waals surface area contributed by atoms with Gasteiger partial charge in [-0.15, -0.1) is 11.8 Å². The molecule has 0 aliphatic heterocycles. The summed E-state index contributed by atoms with van der Waals surface area (Å²) < 4.78 is 37.1. The molecule has 2 aromatic carbocycles. The van der Waals surface area contributed by atoms with Crippen LogP contribution < -0.4 is 5.32 Å². The Morgan fingerprint density at radius 3 is 2.46 bits per heavy atom. The Bertz CT molecular complexity index is 738. The number of nitrogens with one attached hydrogen (secondary N) is 1. The summed E-state index contributed by atoms with van der Waals surface area (Å²) in [5.41, 5.74) is 0.999. The van der Waals surface area contributed by atoms with Crippen LogP contribution in [0, 0.1) is 0 Å². The fourth-order valence-electron chi connectivity index (χ4n) is 1.88. The molecule has 0 radical (unpaired) electrons. The van der Waals surface area contributed by atoms with E-state index in [4.69, 9.17) is 23.2 Å². The number of para-hydroxylation sites is 1. The smallest absolute Gasteiger partial charge is 0.325 e. The molecule has 0 aromatic heterocycles. The minimum absolute atomic E-state index is 0.0369. The van der Waals surface area contributed by atoms with E-state index in [1.165, 1.54) is 6.07 Å².